The lowest BCUT2D eigenvalue weighted by molar-refractivity contribution is 0.273. The molecule has 17 heavy (non-hydrogen) atoms. The molecule has 2 aliphatic rings. The fourth-order valence-electron chi connectivity index (χ4n) is 2.34. The van der Waals surface area contributed by atoms with Gasteiger partial charge in [-0.1, -0.05) is 0 Å². The van der Waals surface area contributed by atoms with Crippen LogP contribution in [0.5, 0.6) is 0 Å². The maximum atomic E-state index is 12.3. The number of rotatable bonds is 5. The van der Waals surface area contributed by atoms with Crippen molar-refractivity contribution in [3.05, 3.63) is 0 Å². The number of nitrogens with zero attached hydrogens (tertiary/aromatic N) is 2. The minimum absolute atomic E-state index is 0.299. The second-order valence-corrected chi connectivity index (χ2v) is 7.25. The van der Waals surface area contributed by atoms with Gasteiger partial charge in [0.1, 0.15) is 0 Å². The Morgan fingerprint density at radius 3 is 2.65 bits per heavy atom. The van der Waals surface area contributed by atoms with Gasteiger partial charge in [-0.3, -0.25) is 0 Å². The second-order valence-electron chi connectivity index (χ2n) is 5.22. The molecule has 0 amide bonds. The summed E-state index contributed by atoms with van der Waals surface area (Å²) in [6.07, 6.45) is 4.37. The summed E-state index contributed by atoms with van der Waals surface area (Å²) in [5.74, 6) is 0.597. The SMILES string of the molecule is CNC1CCCN(S(=O)(=O)N(C)CC2CC2)C1. The molecule has 5 nitrogen and oxygen atoms in total. The quantitative estimate of drug-likeness (QED) is 0.772. The summed E-state index contributed by atoms with van der Waals surface area (Å²) in [4.78, 5) is 0. The number of likely N-dealkylation sites (N-methyl/N-ethyl adjacent to an activating group) is 1. The molecule has 0 aromatic rings. The van der Waals surface area contributed by atoms with Crippen LogP contribution in [0.4, 0.5) is 0 Å². The number of nitrogens with one attached hydrogen (secondary N) is 1. The molecule has 2 rings (SSSR count). The van der Waals surface area contributed by atoms with E-state index in [0.717, 1.165) is 12.8 Å². The van der Waals surface area contributed by atoms with Crippen LogP contribution in [0.2, 0.25) is 0 Å². The van der Waals surface area contributed by atoms with E-state index >= 15 is 0 Å². The third kappa shape index (κ3) is 3.19. The van der Waals surface area contributed by atoms with E-state index in [-0.39, 0.29) is 0 Å². The van der Waals surface area contributed by atoms with E-state index in [2.05, 4.69) is 5.32 Å². The van der Waals surface area contributed by atoms with Crippen molar-refractivity contribution < 1.29 is 8.42 Å². The van der Waals surface area contributed by atoms with Crippen LogP contribution in [-0.4, -0.2) is 56.8 Å². The van der Waals surface area contributed by atoms with Crippen molar-refractivity contribution >= 4 is 10.2 Å². The summed E-state index contributed by atoms with van der Waals surface area (Å²) >= 11 is 0. The first-order chi connectivity index (χ1) is 8.04. The van der Waals surface area contributed by atoms with E-state index in [0.29, 0.717) is 31.6 Å². The summed E-state index contributed by atoms with van der Waals surface area (Å²) in [6.45, 7) is 1.95. The van der Waals surface area contributed by atoms with Gasteiger partial charge in [0.2, 0.25) is 0 Å². The van der Waals surface area contributed by atoms with Crippen molar-refractivity contribution in [2.24, 2.45) is 5.92 Å². The summed E-state index contributed by atoms with van der Waals surface area (Å²) < 4.78 is 27.8. The van der Waals surface area contributed by atoms with Crippen molar-refractivity contribution in [1.29, 1.82) is 0 Å². The molecule has 0 aromatic carbocycles. The highest BCUT2D eigenvalue weighted by atomic mass is 32.2. The number of piperidine rings is 1. The van der Waals surface area contributed by atoms with Crippen LogP contribution in [0.3, 0.4) is 0 Å². The number of hydrogen-bond acceptors (Lipinski definition) is 3. The molecule has 0 spiro atoms. The molecule has 1 atom stereocenters. The van der Waals surface area contributed by atoms with E-state index in [1.54, 1.807) is 11.4 Å². The zero-order valence-corrected chi connectivity index (χ0v) is 11.5. The highest BCUT2D eigenvalue weighted by Gasteiger charge is 2.34. The van der Waals surface area contributed by atoms with Crippen molar-refractivity contribution in [3.8, 4) is 0 Å². The highest BCUT2D eigenvalue weighted by Crippen LogP contribution is 2.30. The molecule has 0 bridgehead atoms. The Kier molecular flexibility index (Phi) is 4.07. The normalized spacial score (nSPS) is 27.6. The monoisotopic (exact) mass is 261 g/mol. The molecule has 1 aliphatic heterocycles. The van der Waals surface area contributed by atoms with Crippen LogP contribution in [0.25, 0.3) is 0 Å². The van der Waals surface area contributed by atoms with E-state index in [1.165, 1.54) is 17.1 Å². The maximum Gasteiger partial charge on any atom is 0.281 e. The predicted molar refractivity (Wildman–Crippen MR) is 67.9 cm³/mol. The van der Waals surface area contributed by atoms with E-state index in [1.807, 2.05) is 7.05 Å². The number of hydrogen-bond donors (Lipinski definition) is 1. The largest absolute Gasteiger partial charge is 0.316 e. The van der Waals surface area contributed by atoms with Gasteiger partial charge in [0.05, 0.1) is 0 Å². The fraction of sp³-hybridized carbons (Fsp3) is 1.00. The smallest absolute Gasteiger partial charge is 0.281 e. The van der Waals surface area contributed by atoms with Crippen molar-refractivity contribution in [2.45, 2.75) is 31.7 Å². The topological polar surface area (TPSA) is 52.7 Å². The Morgan fingerprint density at radius 2 is 2.06 bits per heavy atom. The Bertz CT molecular complexity index is 354. The van der Waals surface area contributed by atoms with Gasteiger partial charge >= 0.3 is 0 Å². The molecule has 1 unspecified atom stereocenters. The molecule has 1 saturated carbocycles. The van der Waals surface area contributed by atoms with Crippen LogP contribution >= 0.6 is 0 Å². The van der Waals surface area contributed by atoms with Gasteiger partial charge in [0.15, 0.2) is 0 Å². The van der Waals surface area contributed by atoms with Crippen LogP contribution < -0.4 is 5.32 Å². The Morgan fingerprint density at radius 1 is 1.35 bits per heavy atom. The third-order valence-corrected chi connectivity index (χ3v) is 5.65. The zero-order valence-electron chi connectivity index (χ0n) is 10.7. The maximum absolute atomic E-state index is 12.3. The Labute approximate surface area is 104 Å². The van der Waals surface area contributed by atoms with E-state index in [4.69, 9.17) is 0 Å². The van der Waals surface area contributed by atoms with Crippen LogP contribution in [0, 0.1) is 5.92 Å². The zero-order chi connectivity index (χ0) is 12.5. The third-order valence-electron chi connectivity index (χ3n) is 3.72. The summed E-state index contributed by atoms with van der Waals surface area (Å²) in [6, 6.07) is 0.299. The average molecular weight is 261 g/mol. The highest BCUT2D eigenvalue weighted by molar-refractivity contribution is 7.86. The predicted octanol–water partition coefficient (Wildman–Crippen LogP) is 0.257. The van der Waals surface area contributed by atoms with Crippen LogP contribution in [0.1, 0.15) is 25.7 Å². The van der Waals surface area contributed by atoms with Gasteiger partial charge < -0.3 is 5.32 Å². The van der Waals surface area contributed by atoms with Gasteiger partial charge in [-0.05, 0) is 38.6 Å². The molecule has 6 heteroatoms. The van der Waals surface area contributed by atoms with Gasteiger partial charge in [-0.25, -0.2) is 0 Å². The van der Waals surface area contributed by atoms with Gasteiger partial charge in [0, 0.05) is 32.7 Å². The molecular weight excluding hydrogens is 238 g/mol. The van der Waals surface area contributed by atoms with Gasteiger partial charge in [-0.2, -0.15) is 17.0 Å². The van der Waals surface area contributed by atoms with Gasteiger partial charge in [0.25, 0.3) is 10.2 Å². The van der Waals surface area contributed by atoms with Crippen LogP contribution in [0.15, 0.2) is 0 Å². The fourth-order valence-corrected chi connectivity index (χ4v) is 3.86. The van der Waals surface area contributed by atoms with Crippen molar-refractivity contribution in [1.82, 2.24) is 13.9 Å². The Hall–Kier alpha value is -0.170. The molecular formula is C11H23N3O2S. The molecule has 0 aromatic heterocycles. The minimum atomic E-state index is -3.23. The Balaban J connectivity index is 1.97. The molecule has 100 valence electrons. The first kappa shape index (κ1) is 13.3. The first-order valence-corrected chi connectivity index (χ1v) is 7.82. The van der Waals surface area contributed by atoms with Gasteiger partial charge in [-0.15, -0.1) is 0 Å². The standard InChI is InChI=1S/C11H23N3O2S/c1-12-11-4-3-7-14(9-11)17(15,16)13(2)8-10-5-6-10/h10-12H,3-9H2,1-2H3. The van der Waals surface area contributed by atoms with E-state index in [9.17, 15) is 8.42 Å². The molecule has 1 heterocycles. The summed E-state index contributed by atoms with van der Waals surface area (Å²) in [5.41, 5.74) is 0. The summed E-state index contributed by atoms with van der Waals surface area (Å²) in [7, 11) is 0.369. The molecule has 0 radical (unpaired) electrons. The molecule has 1 aliphatic carbocycles. The van der Waals surface area contributed by atoms with Crippen LogP contribution in [-0.2, 0) is 10.2 Å². The lowest BCUT2D eigenvalue weighted by Gasteiger charge is -2.34. The average Bonchev–Trinajstić information content (AvgIpc) is 3.13. The lowest BCUT2D eigenvalue weighted by atomic mass is 10.1. The molecule has 2 fully saturated rings. The first-order valence-electron chi connectivity index (χ1n) is 6.42. The lowest BCUT2D eigenvalue weighted by Crippen LogP contribution is -2.51. The minimum Gasteiger partial charge on any atom is -0.316 e. The molecule has 1 N–H and O–H groups in total. The second kappa shape index (κ2) is 5.22. The van der Waals surface area contributed by atoms with Crippen molar-refractivity contribution in [2.75, 3.05) is 33.7 Å². The van der Waals surface area contributed by atoms with Crippen molar-refractivity contribution in [3.63, 3.8) is 0 Å². The van der Waals surface area contributed by atoms with E-state index < -0.39 is 10.2 Å². The summed E-state index contributed by atoms with van der Waals surface area (Å²) in [5, 5.41) is 3.17. The molecule has 1 saturated heterocycles.